The van der Waals surface area contributed by atoms with Crippen LogP contribution in [0.2, 0.25) is 0 Å². The number of aromatic nitrogens is 1. The van der Waals surface area contributed by atoms with Gasteiger partial charge in [-0.05, 0) is 67.5 Å². The minimum Gasteiger partial charge on any atom is -0.308 e. The topological polar surface area (TPSA) is 4.93 Å². The first-order valence-electron chi connectivity index (χ1n) is 13.5. The van der Waals surface area contributed by atoms with Crippen LogP contribution in [0.3, 0.4) is 0 Å². The number of nitrogens with zero attached hydrogens (tertiary/aromatic N) is 1. The molecule has 1 aromatic heterocycles. The molecule has 0 aliphatic rings. The van der Waals surface area contributed by atoms with Crippen molar-refractivity contribution in [1.82, 2.24) is 4.57 Å². The SMILES string of the molecule is c1ccc(-n2c3c(-c4cc5ccc6cccc7ccc(c4)c5c67)cccc3c3ccc4ccccc4c32)cc1. The van der Waals surface area contributed by atoms with Gasteiger partial charge < -0.3 is 4.57 Å². The van der Waals surface area contributed by atoms with Crippen molar-refractivity contribution in [3.8, 4) is 16.8 Å². The zero-order valence-electron chi connectivity index (χ0n) is 21.2. The second-order valence-corrected chi connectivity index (χ2v) is 10.6. The van der Waals surface area contributed by atoms with Gasteiger partial charge in [0, 0.05) is 27.4 Å². The maximum Gasteiger partial charge on any atom is 0.0619 e. The van der Waals surface area contributed by atoms with Crippen LogP contribution in [0.15, 0.2) is 140 Å². The number of hydrogen-bond donors (Lipinski definition) is 0. The summed E-state index contributed by atoms with van der Waals surface area (Å²) in [4.78, 5) is 0. The first-order valence-corrected chi connectivity index (χ1v) is 13.5. The van der Waals surface area contributed by atoms with Crippen LogP contribution in [0.4, 0.5) is 0 Å². The average molecular weight is 494 g/mol. The van der Waals surface area contributed by atoms with Gasteiger partial charge in [-0.25, -0.2) is 0 Å². The van der Waals surface area contributed by atoms with Gasteiger partial charge in [0.15, 0.2) is 0 Å². The Labute approximate surface area is 225 Å². The summed E-state index contributed by atoms with van der Waals surface area (Å²) in [5.41, 5.74) is 6.19. The minimum absolute atomic E-state index is 1.18. The Hall–Kier alpha value is -5.14. The summed E-state index contributed by atoms with van der Waals surface area (Å²) in [5.74, 6) is 0. The number of fused-ring (bicyclic) bond motifs is 5. The summed E-state index contributed by atoms with van der Waals surface area (Å²) < 4.78 is 2.48. The normalized spacial score (nSPS) is 12.1. The quantitative estimate of drug-likeness (QED) is 0.211. The van der Waals surface area contributed by atoms with E-state index in [-0.39, 0.29) is 0 Å². The van der Waals surface area contributed by atoms with Gasteiger partial charge in [0.2, 0.25) is 0 Å². The molecule has 1 nitrogen and oxygen atoms in total. The van der Waals surface area contributed by atoms with Gasteiger partial charge >= 0.3 is 0 Å². The molecule has 0 aliphatic carbocycles. The van der Waals surface area contributed by atoms with Crippen LogP contribution >= 0.6 is 0 Å². The van der Waals surface area contributed by atoms with Gasteiger partial charge in [0.1, 0.15) is 0 Å². The van der Waals surface area contributed by atoms with Crippen LogP contribution in [-0.4, -0.2) is 4.57 Å². The molecule has 0 spiro atoms. The molecule has 9 aromatic rings. The van der Waals surface area contributed by atoms with E-state index in [1.54, 1.807) is 0 Å². The molecule has 0 atom stereocenters. The third-order valence-electron chi connectivity index (χ3n) is 8.46. The summed E-state index contributed by atoms with van der Waals surface area (Å²) in [6, 6.07) is 51.3. The molecule has 8 aromatic carbocycles. The summed E-state index contributed by atoms with van der Waals surface area (Å²) >= 11 is 0. The van der Waals surface area contributed by atoms with Crippen LogP contribution in [0.25, 0.3) is 81.7 Å². The van der Waals surface area contributed by atoms with E-state index in [4.69, 9.17) is 0 Å². The zero-order valence-corrected chi connectivity index (χ0v) is 21.2. The van der Waals surface area contributed by atoms with Crippen molar-refractivity contribution < 1.29 is 0 Å². The largest absolute Gasteiger partial charge is 0.308 e. The van der Waals surface area contributed by atoms with Gasteiger partial charge in [-0.2, -0.15) is 0 Å². The van der Waals surface area contributed by atoms with Gasteiger partial charge in [-0.15, -0.1) is 0 Å². The van der Waals surface area contributed by atoms with Gasteiger partial charge in [0.25, 0.3) is 0 Å². The molecule has 0 N–H and O–H groups in total. The first kappa shape index (κ1) is 20.9. The molecule has 0 radical (unpaired) electrons. The maximum absolute atomic E-state index is 2.48. The lowest BCUT2D eigenvalue weighted by Crippen LogP contribution is -1.96. The Morgan fingerprint density at radius 1 is 0.359 bits per heavy atom. The van der Waals surface area contributed by atoms with Crippen molar-refractivity contribution in [2.45, 2.75) is 0 Å². The molecular weight excluding hydrogens is 470 g/mol. The monoisotopic (exact) mass is 493 g/mol. The van der Waals surface area contributed by atoms with Crippen LogP contribution in [0.1, 0.15) is 0 Å². The summed E-state index contributed by atoms with van der Waals surface area (Å²) in [6.45, 7) is 0. The molecule has 0 saturated carbocycles. The molecule has 1 heterocycles. The molecule has 180 valence electrons. The highest BCUT2D eigenvalue weighted by atomic mass is 15.0. The predicted molar refractivity (Wildman–Crippen MR) is 167 cm³/mol. The number of rotatable bonds is 2. The van der Waals surface area contributed by atoms with Crippen molar-refractivity contribution in [3.05, 3.63) is 140 Å². The van der Waals surface area contributed by atoms with Crippen molar-refractivity contribution in [2.75, 3.05) is 0 Å². The van der Waals surface area contributed by atoms with E-state index in [1.807, 2.05) is 0 Å². The highest BCUT2D eigenvalue weighted by molar-refractivity contribution is 6.25. The van der Waals surface area contributed by atoms with E-state index < -0.39 is 0 Å². The van der Waals surface area contributed by atoms with Crippen LogP contribution < -0.4 is 0 Å². The zero-order chi connectivity index (χ0) is 25.5. The van der Waals surface area contributed by atoms with E-state index in [1.165, 1.54) is 81.7 Å². The molecule has 0 unspecified atom stereocenters. The Kier molecular flexibility index (Phi) is 4.11. The fourth-order valence-electron chi connectivity index (χ4n) is 6.80. The molecule has 9 rings (SSSR count). The lowest BCUT2D eigenvalue weighted by atomic mass is 9.91. The lowest BCUT2D eigenvalue weighted by molar-refractivity contribution is 1.19. The van der Waals surface area contributed by atoms with E-state index in [9.17, 15) is 0 Å². The molecular formula is C38H23N. The standard InChI is InChI=1S/C38H23N/c1-2-11-30(12-3-1)39-37-31-13-5-4-8-24(31)20-21-34(37)33-15-7-14-32(38(33)39)29-22-27-18-16-25-9-6-10-26-17-19-28(23-29)36(27)35(25)26/h1-23H. The van der Waals surface area contributed by atoms with Crippen molar-refractivity contribution in [1.29, 1.82) is 0 Å². The van der Waals surface area contributed by atoms with Crippen molar-refractivity contribution in [3.63, 3.8) is 0 Å². The van der Waals surface area contributed by atoms with E-state index in [0.717, 1.165) is 0 Å². The van der Waals surface area contributed by atoms with E-state index in [0.29, 0.717) is 0 Å². The van der Waals surface area contributed by atoms with E-state index >= 15 is 0 Å². The van der Waals surface area contributed by atoms with Crippen LogP contribution in [-0.2, 0) is 0 Å². The number of hydrogen-bond acceptors (Lipinski definition) is 0. The summed E-state index contributed by atoms with van der Waals surface area (Å²) in [5, 5.41) is 13.0. The maximum atomic E-state index is 2.48. The third kappa shape index (κ3) is 2.85. The van der Waals surface area contributed by atoms with Crippen LogP contribution in [0.5, 0.6) is 0 Å². The second-order valence-electron chi connectivity index (χ2n) is 10.6. The smallest absolute Gasteiger partial charge is 0.0619 e. The molecule has 0 bridgehead atoms. The third-order valence-corrected chi connectivity index (χ3v) is 8.46. The highest BCUT2D eigenvalue weighted by Gasteiger charge is 2.19. The second kappa shape index (κ2) is 7.69. The Balaban J connectivity index is 1.45. The molecule has 39 heavy (non-hydrogen) atoms. The van der Waals surface area contributed by atoms with Crippen LogP contribution in [0, 0.1) is 0 Å². The summed E-state index contributed by atoms with van der Waals surface area (Å²) in [6.07, 6.45) is 0. The molecule has 0 fully saturated rings. The fraction of sp³-hybridized carbons (Fsp3) is 0. The Bertz CT molecular complexity index is 2310. The lowest BCUT2D eigenvalue weighted by Gasteiger charge is -2.15. The van der Waals surface area contributed by atoms with Crippen molar-refractivity contribution >= 4 is 64.9 Å². The fourth-order valence-corrected chi connectivity index (χ4v) is 6.80. The highest BCUT2D eigenvalue weighted by Crippen LogP contribution is 2.43. The van der Waals surface area contributed by atoms with E-state index in [2.05, 4.69) is 144 Å². The predicted octanol–water partition coefficient (Wildman–Crippen LogP) is 10.5. The average Bonchev–Trinajstić information content (AvgIpc) is 3.35. The minimum atomic E-state index is 1.18. The Morgan fingerprint density at radius 2 is 0.923 bits per heavy atom. The molecule has 0 saturated heterocycles. The van der Waals surface area contributed by atoms with Gasteiger partial charge in [-0.1, -0.05) is 115 Å². The molecule has 0 aliphatic heterocycles. The van der Waals surface area contributed by atoms with Gasteiger partial charge in [0.05, 0.1) is 11.0 Å². The number of benzene rings is 8. The Morgan fingerprint density at radius 3 is 1.72 bits per heavy atom. The summed E-state index contributed by atoms with van der Waals surface area (Å²) in [7, 11) is 0. The molecule has 1 heteroatoms. The first-order chi connectivity index (χ1) is 19.3. The number of para-hydroxylation sites is 2. The van der Waals surface area contributed by atoms with Crippen molar-refractivity contribution in [2.24, 2.45) is 0 Å². The van der Waals surface area contributed by atoms with Gasteiger partial charge in [-0.3, -0.25) is 0 Å². The molecule has 0 amide bonds.